The number of hydrogen-bond acceptors (Lipinski definition) is 3. The van der Waals surface area contributed by atoms with Crippen molar-refractivity contribution in [3.63, 3.8) is 0 Å². The van der Waals surface area contributed by atoms with E-state index in [1.165, 1.54) is 0 Å². The Hall–Kier alpha value is -2.92. The first-order valence-electron chi connectivity index (χ1n) is 9.25. The van der Waals surface area contributed by atoms with E-state index in [-0.39, 0.29) is 5.91 Å². The third kappa shape index (κ3) is 3.58. The Kier molecular flexibility index (Phi) is 4.77. The van der Waals surface area contributed by atoms with Crippen LogP contribution in [0.3, 0.4) is 0 Å². The van der Waals surface area contributed by atoms with Crippen molar-refractivity contribution in [2.75, 3.05) is 5.32 Å². The fourth-order valence-corrected chi connectivity index (χ4v) is 3.44. The molecular weight excluding hydrogens is 372 g/mol. The van der Waals surface area contributed by atoms with E-state index >= 15 is 0 Å². The molecular formula is C22H21ClN4O. The van der Waals surface area contributed by atoms with E-state index in [2.05, 4.69) is 30.3 Å². The second-order valence-corrected chi connectivity index (χ2v) is 7.88. The molecule has 0 aliphatic heterocycles. The third-order valence-corrected chi connectivity index (χ3v) is 4.76. The molecule has 0 saturated carbocycles. The van der Waals surface area contributed by atoms with Crippen molar-refractivity contribution in [3.8, 4) is 0 Å². The zero-order chi connectivity index (χ0) is 19.8. The summed E-state index contributed by atoms with van der Waals surface area (Å²) < 4.78 is 1.87. The molecule has 0 unspecified atom stereocenters. The summed E-state index contributed by atoms with van der Waals surface area (Å²) in [6, 6.07) is 15.1. The highest BCUT2D eigenvalue weighted by atomic mass is 35.5. The SMILES string of the molecule is Cc1ccc2nc3c(cc2c1)c(NC(=O)c1cccc(Cl)c1)nn3CC(C)C. The third-order valence-electron chi connectivity index (χ3n) is 4.53. The van der Waals surface area contributed by atoms with Crippen molar-refractivity contribution in [2.45, 2.75) is 27.3 Å². The number of fused-ring (bicyclic) bond motifs is 2. The first kappa shape index (κ1) is 18.4. The molecule has 0 atom stereocenters. The number of rotatable bonds is 4. The van der Waals surface area contributed by atoms with E-state index in [0.29, 0.717) is 28.9 Å². The zero-order valence-corrected chi connectivity index (χ0v) is 16.8. The van der Waals surface area contributed by atoms with Crippen molar-refractivity contribution < 1.29 is 4.79 Å². The van der Waals surface area contributed by atoms with Crippen LogP contribution in [0.5, 0.6) is 0 Å². The minimum absolute atomic E-state index is 0.247. The molecule has 6 heteroatoms. The van der Waals surface area contributed by atoms with Crippen molar-refractivity contribution in [3.05, 3.63) is 64.7 Å². The summed E-state index contributed by atoms with van der Waals surface area (Å²) in [5.74, 6) is 0.662. The maximum Gasteiger partial charge on any atom is 0.256 e. The van der Waals surface area contributed by atoms with Crippen molar-refractivity contribution >= 4 is 45.3 Å². The van der Waals surface area contributed by atoms with Crippen molar-refractivity contribution in [1.29, 1.82) is 0 Å². The summed E-state index contributed by atoms with van der Waals surface area (Å²) in [5.41, 5.74) is 3.33. The zero-order valence-electron chi connectivity index (χ0n) is 16.0. The molecule has 2 aromatic heterocycles. The van der Waals surface area contributed by atoms with Crippen LogP contribution < -0.4 is 5.32 Å². The van der Waals surface area contributed by atoms with Crippen LogP contribution >= 0.6 is 11.6 Å². The summed E-state index contributed by atoms with van der Waals surface area (Å²) in [5, 5.41) is 9.95. The average molecular weight is 393 g/mol. The van der Waals surface area contributed by atoms with E-state index in [4.69, 9.17) is 16.6 Å². The molecule has 0 aliphatic carbocycles. The molecule has 0 bridgehead atoms. The molecule has 0 aliphatic rings. The normalized spacial score (nSPS) is 11.5. The number of pyridine rings is 1. The van der Waals surface area contributed by atoms with Gasteiger partial charge in [0.05, 0.1) is 10.9 Å². The van der Waals surface area contributed by atoms with Gasteiger partial charge in [0.1, 0.15) is 0 Å². The van der Waals surface area contributed by atoms with Crippen LogP contribution in [0.25, 0.3) is 21.9 Å². The van der Waals surface area contributed by atoms with Gasteiger partial charge in [-0.1, -0.05) is 43.1 Å². The molecule has 5 nitrogen and oxygen atoms in total. The van der Waals surface area contributed by atoms with Crippen LogP contribution in [0, 0.1) is 12.8 Å². The van der Waals surface area contributed by atoms with Crippen LogP contribution in [-0.2, 0) is 6.54 Å². The van der Waals surface area contributed by atoms with Gasteiger partial charge < -0.3 is 5.32 Å². The Morgan fingerprint density at radius 2 is 2.00 bits per heavy atom. The lowest BCUT2D eigenvalue weighted by atomic mass is 10.1. The van der Waals surface area contributed by atoms with Crippen molar-refractivity contribution in [2.24, 2.45) is 5.92 Å². The molecule has 28 heavy (non-hydrogen) atoms. The first-order chi connectivity index (χ1) is 13.4. The molecule has 0 spiro atoms. The predicted octanol–water partition coefficient (Wildman–Crippen LogP) is 5.45. The van der Waals surface area contributed by atoms with Gasteiger partial charge in [0, 0.05) is 22.5 Å². The molecule has 0 radical (unpaired) electrons. The van der Waals surface area contributed by atoms with E-state index < -0.39 is 0 Å². The molecule has 0 fully saturated rings. The molecule has 142 valence electrons. The van der Waals surface area contributed by atoms with Gasteiger partial charge in [-0.05, 0) is 49.2 Å². The fourth-order valence-electron chi connectivity index (χ4n) is 3.25. The second kappa shape index (κ2) is 7.24. The smallest absolute Gasteiger partial charge is 0.256 e. The molecule has 4 aromatic rings. The summed E-state index contributed by atoms with van der Waals surface area (Å²) in [4.78, 5) is 17.5. The number of aryl methyl sites for hydroxylation is 1. The van der Waals surface area contributed by atoms with E-state index in [9.17, 15) is 4.79 Å². The Balaban J connectivity index is 1.83. The van der Waals surface area contributed by atoms with Gasteiger partial charge in [0.2, 0.25) is 0 Å². The van der Waals surface area contributed by atoms with Crippen LogP contribution in [0.4, 0.5) is 5.82 Å². The fraction of sp³-hybridized carbons (Fsp3) is 0.227. The highest BCUT2D eigenvalue weighted by Crippen LogP contribution is 2.27. The summed E-state index contributed by atoms with van der Waals surface area (Å²) in [7, 11) is 0. The monoisotopic (exact) mass is 392 g/mol. The van der Waals surface area contributed by atoms with E-state index in [1.54, 1.807) is 24.3 Å². The van der Waals surface area contributed by atoms with Gasteiger partial charge in [0.25, 0.3) is 5.91 Å². The Bertz CT molecular complexity index is 1200. The summed E-state index contributed by atoms with van der Waals surface area (Å²) >= 11 is 6.02. The van der Waals surface area contributed by atoms with E-state index in [1.807, 2.05) is 29.8 Å². The molecule has 1 amide bonds. The predicted molar refractivity (Wildman–Crippen MR) is 114 cm³/mol. The average Bonchev–Trinajstić information content (AvgIpc) is 2.95. The van der Waals surface area contributed by atoms with Gasteiger partial charge in [-0.2, -0.15) is 5.10 Å². The molecule has 4 rings (SSSR count). The van der Waals surface area contributed by atoms with Gasteiger partial charge in [-0.25, -0.2) is 9.67 Å². The highest BCUT2D eigenvalue weighted by Gasteiger charge is 2.17. The number of aromatic nitrogens is 3. The minimum atomic E-state index is -0.247. The number of nitrogens with zero attached hydrogens (tertiary/aromatic N) is 3. The lowest BCUT2D eigenvalue weighted by molar-refractivity contribution is 0.102. The maximum atomic E-state index is 12.7. The quantitative estimate of drug-likeness (QED) is 0.502. The Morgan fingerprint density at radius 3 is 2.75 bits per heavy atom. The topological polar surface area (TPSA) is 59.8 Å². The highest BCUT2D eigenvalue weighted by molar-refractivity contribution is 6.31. The van der Waals surface area contributed by atoms with Crippen LogP contribution in [0.15, 0.2) is 48.5 Å². The number of carbonyl (C=O) groups excluding carboxylic acids is 1. The number of halogens is 1. The molecule has 0 saturated heterocycles. The van der Waals surface area contributed by atoms with Gasteiger partial charge in [0.15, 0.2) is 11.5 Å². The Morgan fingerprint density at radius 1 is 1.18 bits per heavy atom. The summed E-state index contributed by atoms with van der Waals surface area (Å²) in [6.07, 6.45) is 0. The number of anilines is 1. The second-order valence-electron chi connectivity index (χ2n) is 7.44. The van der Waals surface area contributed by atoms with E-state index in [0.717, 1.165) is 27.5 Å². The number of nitrogens with one attached hydrogen (secondary N) is 1. The lowest BCUT2D eigenvalue weighted by Crippen LogP contribution is -2.13. The van der Waals surface area contributed by atoms with Gasteiger partial charge >= 0.3 is 0 Å². The van der Waals surface area contributed by atoms with Crippen LogP contribution in [0.2, 0.25) is 5.02 Å². The maximum absolute atomic E-state index is 12.7. The molecule has 2 aromatic carbocycles. The van der Waals surface area contributed by atoms with Gasteiger partial charge in [-0.3, -0.25) is 4.79 Å². The van der Waals surface area contributed by atoms with Crippen LogP contribution in [-0.4, -0.2) is 20.7 Å². The first-order valence-corrected chi connectivity index (χ1v) is 9.63. The standard InChI is InChI=1S/C22H21ClN4O/c1-13(2)12-27-21-18(11-16-9-14(3)7-8-19(16)24-21)20(26-27)25-22(28)15-5-4-6-17(23)10-15/h4-11,13H,12H2,1-3H3,(H,25,26,28). The minimum Gasteiger partial charge on any atom is -0.305 e. The van der Waals surface area contributed by atoms with Gasteiger partial charge in [-0.15, -0.1) is 0 Å². The molecule has 2 heterocycles. The Labute approximate surface area is 168 Å². The van der Waals surface area contributed by atoms with Crippen molar-refractivity contribution in [1.82, 2.24) is 14.8 Å². The lowest BCUT2D eigenvalue weighted by Gasteiger charge is -2.06. The molecule has 1 N–H and O–H groups in total. The van der Waals surface area contributed by atoms with Crippen LogP contribution in [0.1, 0.15) is 29.8 Å². The number of benzene rings is 2. The number of hydrogen-bond donors (Lipinski definition) is 1. The number of carbonyl (C=O) groups is 1. The summed E-state index contributed by atoms with van der Waals surface area (Å²) in [6.45, 7) is 7.02. The number of amides is 1. The largest absolute Gasteiger partial charge is 0.305 e.